The molecular weight excluding hydrogens is 260 g/mol. The van der Waals surface area contributed by atoms with Crippen LogP contribution in [0.5, 0.6) is 0 Å². The third-order valence-corrected chi connectivity index (χ3v) is 3.34. The van der Waals surface area contributed by atoms with Gasteiger partial charge in [-0.3, -0.25) is 10.1 Å². The van der Waals surface area contributed by atoms with Gasteiger partial charge in [-0.1, -0.05) is 25.1 Å². The van der Waals surface area contributed by atoms with Gasteiger partial charge in [0.25, 0.3) is 0 Å². The number of hydrogen-bond donors (Lipinski definition) is 1. The van der Waals surface area contributed by atoms with Crippen molar-refractivity contribution in [1.82, 2.24) is 4.98 Å². The number of H-pyrrole nitrogens is 1. The van der Waals surface area contributed by atoms with Gasteiger partial charge in [-0.25, -0.2) is 4.79 Å². The predicted molar refractivity (Wildman–Crippen MR) is 74.1 cm³/mol. The lowest BCUT2D eigenvalue weighted by Crippen LogP contribution is -2.36. The van der Waals surface area contributed by atoms with E-state index in [9.17, 15) is 14.9 Å². The van der Waals surface area contributed by atoms with Gasteiger partial charge in [0.05, 0.1) is 12.5 Å². The average Bonchev–Trinajstić information content (AvgIpc) is 2.82. The van der Waals surface area contributed by atoms with Crippen LogP contribution in [-0.4, -0.2) is 28.5 Å². The SMILES string of the molecule is CCOC(=O)C(C(C)c1c[nH]c2ccccc12)[N+](=O)[O-]. The molecule has 0 aliphatic carbocycles. The predicted octanol–water partition coefficient (Wildman–Crippen LogP) is 2.48. The first kappa shape index (κ1) is 14.0. The Bertz CT molecular complexity index is 635. The van der Waals surface area contributed by atoms with E-state index in [4.69, 9.17) is 4.74 Å². The topological polar surface area (TPSA) is 85.2 Å². The molecular formula is C14H16N2O4. The standard InChI is InChI=1S/C14H16N2O4/c1-3-20-14(17)13(16(18)19)9(2)11-8-15-12-7-5-4-6-10(11)12/h4-9,13,15H,3H2,1-2H3. The number of aromatic amines is 1. The molecule has 0 aliphatic heterocycles. The summed E-state index contributed by atoms with van der Waals surface area (Å²) in [4.78, 5) is 25.4. The molecule has 2 unspecified atom stereocenters. The van der Waals surface area contributed by atoms with Gasteiger partial charge in [0.2, 0.25) is 0 Å². The van der Waals surface area contributed by atoms with Gasteiger partial charge >= 0.3 is 12.0 Å². The maximum atomic E-state index is 11.8. The quantitative estimate of drug-likeness (QED) is 0.516. The van der Waals surface area contributed by atoms with E-state index in [1.165, 1.54) is 0 Å². The zero-order valence-corrected chi connectivity index (χ0v) is 11.3. The minimum Gasteiger partial charge on any atom is -0.461 e. The number of fused-ring (bicyclic) bond motifs is 1. The summed E-state index contributed by atoms with van der Waals surface area (Å²) < 4.78 is 4.81. The highest BCUT2D eigenvalue weighted by Gasteiger charge is 2.39. The van der Waals surface area contributed by atoms with Crippen molar-refractivity contribution in [3.63, 3.8) is 0 Å². The van der Waals surface area contributed by atoms with Crippen LogP contribution < -0.4 is 0 Å². The molecule has 1 aromatic carbocycles. The Morgan fingerprint density at radius 3 is 2.80 bits per heavy atom. The second-order valence-corrected chi connectivity index (χ2v) is 4.56. The van der Waals surface area contributed by atoms with Crippen molar-refractivity contribution < 1.29 is 14.5 Å². The minimum absolute atomic E-state index is 0.129. The van der Waals surface area contributed by atoms with E-state index in [1.807, 2.05) is 24.3 Å². The molecule has 0 saturated carbocycles. The van der Waals surface area contributed by atoms with Gasteiger partial charge in [0.1, 0.15) is 0 Å². The zero-order valence-electron chi connectivity index (χ0n) is 11.3. The molecule has 6 heteroatoms. The lowest BCUT2D eigenvalue weighted by Gasteiger charge is -2.15. The molecule has 0 saturated heterocycles. The monoisotopic (exact) mass is 276 g/mol. The lowest BCUT2D eigenvalue weighted by molar-refractivity contribution is -0.514. The minimum atomic E-state index is -1.39. The summed E-state index contributed by atoms with van der Waals surface area (Å²) in [5.41, 5.74) is 1.63. The number of benzene rings is 1. The Balaban J connectivity index is 2.39. The van der Waals surface area contributed by atoms with E-state index in [0.717, 1.165) is 16.5 Å². The van der Waals surface area contributed by atoms with Gasteiger partial charge in [0, 0.05) is 22.0 Å². The number of nitrogens with zero attached hydrogens (tertiary/aromatic N) is 1. The zero-order chi connectivity index (χ0) is 14.7. The summed E-state index contributed by atoms with van der Waals surface area (Å²) in [6.07, 6.45) is 1.71. The first-order chi connectivity index (χ1) is 9.56. The van der Waals surface area contributed by atoms with E-state index >= 15 is 0 Å². The molecule has 0 amide bonds. The smallest absolute Gasteiger partial charge is 0.382 e. The first-order valence-corrected chi connectivity index (χ1v) is 6.42. The Labute approximate surface area is 115 Å². The van der Waals surface area contributed by atoms with E-state index < -0.39 is 22.9 Å². The molecule has 0 spiro atoms. The summed E-state index contributed by atoms with van der Waals surface area (Å²) in [5, 5.41) is 12.1. The molecule has 20 heavy (non-hydrogen) atoms. The molecule has 0 fully saturated rings. The largest absolute Gasteiger partial charge is 0.461 e. The van der Waals surface area contributed by atoms with Crippen molar-refractivity contribution in [2.45, 2.75) is 25.8 Å². The summed E-state index contributed by atoms with van der Waals surface area (Å²) in [5.74, 6) is -1.37. The second-order valence-electron chi connectivity index (χ2n) is 4.56. The van der Waals surface area contributed by atoms with E-state index in [1.54, 1.807) is 20.0 Å². The number of para-hydroxylation sites is 1. The molecule has 0 bridgehead atoms. The summed E-state index contributed by atoms with van der Waals surface area (Å²) in [6.45, 7) is 3.43. The van der Waals surface area contributed by atoms with E-state index in [0.29, 0.717) is 0 Å². The molecule has 0 aliphatic rings. The fraction of sp³-hybridized carbons (Fsp3) is 0.357. The number of nitrogens with one attached hydrogen (secondary N) is 1. The van der Waals surface area contributed by atoms with Gasteiger partial charge in [-0.15, -0.1) is 0 Å². The number of esters is 1. The molecule has 1 heterocycles. The Morgan fingerprint density at radius 2 is 2.15 bits per heavy atom. The molecule has 6 nitrogen and oxygen atoms in total. The summed E-state index contributed by atoms with van der Waals surface area (Å²) >= 11 is 0. The van der Waals surface area contributed by atoms with Crippen molar-refractivity contribution in [2.24, 2.45) is 0 Å². The Hall–Kier alpha value is -2.37. The second kappa shape index (κ2) is 5.73. The van der Waals surface area contributed by atoms with Gasteiger partial charge in [-0.05, 0) is 18.6 Å². The molecule has 2 rings (SSSR count). The molecule has 1 N–H and O–H groups in total. The van der Waals surface area contributed by atoms with Gasteiger partial charge in [-0.2, -0.15) is 0 Å². The van der Waals surface area contributed by atoms with Crippen LogP contribution >= 0.6 is 0 Å². The first-order valence-electron chi connectivity index (χ1n) is 6.42. The summed E-state index contributed by atoms with van der Waals surface area (Å²) in [7, 11) is 0. The van der Waals surface area contributed by atoms with Crippen molar-refractivity contribution in [1.29, 1.82) is 0 Å². The van der Waals surface area contributed by atoms with E-state index in [2.05, 4.69) is 4.98 Å². The maximum absolute atomic E-state index is 11.8. The number of nitro groups is 1. The van der Waals surface area contributed by atoms with Crippen molar-refractivity contribution in [2.75, 3.05) is 6.61 Å². The van der Waals surface area contributed by atoms with Crippen molar-refractivity contribution in [3.05, 3.63) is 46.1 Å². The van der Waals surface area contributed by atoms with Crippen LogP contribution in [0.15, 0.2) is 30.5 Å². The highest BCUT2D eigenvalue weighted by molar-refractivity contribution is 5.85. The Kier molecular flexibility index (Phi) is 4.02. The van der Waals surface area contributed by atoms with E-state index in [-0.39, 0.29) is 6.61 Å². The summed E-state index contributed by atoms with van der Waals surface area (Å²) in [6, 6.07) is 6.10. The molecule has 2 aromatic rings. The van der Waals surface area contributed by atoms with Crippen LogP contribution in [0.4, 0.5) is 0 Å². The van der Waals surface area contributed by atoms with Crippen LogP contribution in [0.2, 0.25) is 0 Å². The fourth-order valence-corrected chi connectivity index (χ4v) is 2.34. The highest BCUT2D eigenvalue weighted by Crippen LogP contribution is 2.29. The van der Waals surface area contributed by atoms with Gasteiger partial charge in [0.15, 0.2) is 0 Å². The van der Waals surface area contributed by atoms with Crippen LogP contribution in [0.3, 0.4) is 0 Å². The maximum Gasteiger partial charge on any atom is 0.382 e. The molecule has 1 aromatic heterocycles. The number of ether oxygens (including phenoxy) is 1. The number of carbonyl (C=O) groups excluding carboxylic acids is 1. The van der Waals surface area contributed by atoms with Crippen molar-refractivity contribution in [3.8, 4) is 0 Å². The number of aromatic nitrogens is 1. The molecule has 2 atom stereocenters. The number of rotatable bonds is 5. The van der Waals surface area contributed by atoms with Crippen LogP contribution in [0, 0.1) is 10.1 Å². The van der Waals surface area contributed by atoms with Crippen LogP contribution in [-0.2, 0) is 9.53 Å². The fourth-order valence-electron chi connectivity index (χ4n) is 2.34. The third-order valence-electron chi connectivity index (χ3n) is 3.34. The Morgan fingerprint density at radius 1 is 1.45 bits per heavy atom. The van der Waals surface area contributed by atoms with Gasteiger partial charge < -0.3 is 9.72 Å². The average molecular weight is 276 g/mol. The third kappa shape index (κ3) is 2.49. The number of hydrogen-bond acceptors (Lipinski definition) is 4. The number of carbonyl (C=O) groups is 1. The van der Waals surface area contributed by atoms with Crippen LogP contribution in [0.1, 0.15) is 25.3 Å². The highest BCUT2D eigenvalue weighted by atomic mass is 16.6. The van der Waals surface area contributed by atoms with Crippen molar-refractivity contribution >= 4 is 16.9 Å². The van der Waals surface area contributed by atoms with Crippen LogP contribution in [0.25, 0.3) is 10.9 Å². The molecule has 0 radical (unpaired) electrons. The normalized spacial score (nSPS) is 13.9. The lowest BCUT2D eigenvalue weighted by atomic mass is 9.93. The molecule has 106 valence electrons.